The summed E-state index contributed by atoms with van der Waals surface area (Å²) < 4.78 is 11.0. The number of nitrogens with zero attached hydrogens (tertiary/aromatic N) is 2. The number of hydrogen-bond donors (Lipinski definition) is 2. The second-order valence-corrected chi connectivity index (χ2v) is 6.01. The summed E-state index contributed by atoms with van der Waals surface area (Å²) in [6, 6.07) is 14.8. The third-order valence-electron chi connectivity index (χ3n) is 4.00. The minimum Gasteiger partial charge on any atom is -0.490 e. The van der Waals surface area contributed by atoms with Crippen LogP contribution in [0.1, 0.15) is 25.2 Å². The number of aliphatic carboxylic acids is 1. The molecule has 2 aromatic carbocycles. The molecule has 0 amide bonds. The first kappa shape index (κ1) is 19.0. The van der Waals surface area contributed by atoms with E-state index >= 15 is 0 Å². The molecule has 3 aromatic rings. The summed E-state index contributed by atoms with van der Waals surface area (Å²) in [4.78, 5) is 18.6. The fourth-order valence-corrected chi connectivity index (χ4v) is 2.62. The van der Waals surface area contributed by atoms with Gasteiger partial charge in [0.15, 0.2) is 17.6 Å². The van der Waals surface area contributed by atoms with Crippen LogP contribution < -0.4 is 9.47 Å². The van der Waals surface area contributed by atoms with Crippen molar-refractivity contribution in [3.63, 3.8) is 0 Å². The van der Waals surface area contributed by atoms with Crippen molar-refractivity contribution in [3.8, 4) is 17.6 Å². The van der Waals surface area contributed by atoms with Gasteiger partial charge in [-0.2, -0.15) is 5.26 Å². The van der Waals surface area contributed by atoms with Crippen molar-refractivity contribution in [2.45, 2.75) is 20.0 Å². The number of fused-ring (bicyclic) bond motifs is 1. The van der Waals surface area contributed by atoms with Gasteiger partial charge in [0.2, 0.25) is 0 Å². The van der Waals surface area contributed by atoms with Crippen LogP contribution in [-0.4, -0.2) is 33.8 Å². The van der Waals surface area contributed by atoms with Gasteiger partial charge in [-0.25, -0.2) is 9.78 Å². The van der Waals surface area contributed by atoms with E-state index in [9.17, 15) is 10.1 Å². The molecule has 1 unspecified atom stereocenters. The van der Waals surface area contributed by atoms with E-state index in [1.807, 2.05) is 31.2 Å². The topological polar surface area (TPSA) is 108 Å². The normalized spacial score (nSPS) is 12.4. The Morgan fingerprint density at radius 1 is 1.32 bits per heavy atom. The van der Waals surface area contributed by atoms with Gasteiger partial charge in [-0.1, -0.05) is 18.2 Å². The first-order valence-corrected chi connectivity index (χ1v) is 8.75. The van der Waals surface area contributed by atoms with Gasteiger partial charge in [0.05, 0.1) is 23.2 Å². The Kier molecular flexibility index (Phi) is 5.61. The van der Waals surface area contributed by atoms with Crippen LogP contribution in [-0.2, 0) is 4.79 Å². The molecule has 28 heavy (non-hydrogen) atoms. The number of benzene rings is 2. The number of ether oxygens (including phenoxy) is 2. The van der Waals surface area contributed by atoms with E-state index in [2.05, 4.69) is 16.0 Å². The van der Waals surface area contributed by atoms with Crippen molar-refractivity contribution < 1.29 is 19.4 Å². The Morgan fingerprint density at radius 3 is 2.79 bits per heavy atom. The zero-order chi connectivity index (χ0) is 20.1. The highest BCUT2D eigenvalue weighted by molar-refractivity contribution is 5.90. The standard InChI is InChI=1S/C21H19N3O4/c1-3-27-19-11-14(8-9-18(19)28-13(2)21(25)26)10-15(12-22)20-23-16-6-4-5-7-17(16)24-20/h4-11,13H,3H2,1-2H3,(H,23,24)(H,25,26)/b15-10+. The molecule has 0 bridgehead atoms. The Morgan fingerprint density at radius 2 is 2.11 bits per heavy atom. The maximum Gasteiger partial charge on any atom is 0.344 e. The van der Waals surface area contributed by atoms with E-state index in [0.29, 0.717) is 35.1 Å². The summed E-state index contributed by atoms with van der Waals surface area (Å²) in [5.41, 5.74) is 2.70. The van der Waals surface area contributed by atoms with Crippen LogP contribution in [0.5, 0.6) is 11.5 Å². The van der Waals surface area contributed by atoms with Crippen LogP contribution in [0, 0.1) is 11.3 Å². The Balaban J connectivity index is 1.95. The summed E-state index contributed by atoms with van der Waals surface area (Å²) >= 11 is 0. The molecule has 0 fully saturated rings. The second-order valence-electron chi connectivity index (χ2n) is 6.01. The Labute approximate surface area is 161 Å². The monoisotopic (exact) mass is 377 g/mol. The van der Waals surface area contributed by atoms with E-state index < -0.39 is 12.1 Å². The van der Waals surface area contributed by atoms with Gasteiger partial charge in [-0.15, -0.1) is 0 Å². The third kappa shape index (κ3) is 4.13. The van der Waals surface area contributed by atoms with Gasteiger partial charge in [0.1, 0.15) is 11.9 Å². The minimum atomic E-state index is -1.07. The van der Waals surface area contributed by atoms with Gasteiger partial charge in [-0.3, -0.25) is 0 Å². The summed E-state index contributed by atoms with van der Waals surface area (Å²) in [5, 5.41) is 18.6. The molecule has 2 N–H and O–H groups in total. The quantitative estimate of drug-likeness (QED) is 0.605. The lowest BCUT2D eigenvalue weighted by Crippen LogP contribution is -2.23. The predicted molar refractivity (Wildman–Crippen MR) is 105 cm³/mol. The molecule has 0 spiro atoms. The summed E-state index contributed by atoms with van der Waals surface area (Å²) in [6.07, 6.45) is 0.677. The number of aromatic nitrogens is 2. The predicted octanol–water partition coefficient (Wildman–Crippen LogP) is 3.88. The molecule has 7 nitrogen and oxygen atoms in total. The van der Waals surface area contributed by atoms with E-state index in [1.54, 1.807) is 24.3 Å². The number of carboxylic acids is 1. The van der Waals surface area contributed by atoms with E-state index in [4.69, 9.17) is 14.6 Å². The Bertz CT molecular complexity index is 1050. The first-order chi connectivity index (χ1) is 13.5. The molecule has 0 aliphatic rings. The highest BCUT2D eigenvalue weighted by Crippen LogP contribution is 2.31. The number of aromatic amines is 1. The van der Waals surface area contributed by atoms with Crippen LogP contribution in [0.2, 0.25) is 0 Å². The van der Waals surface area contributed by atoms with E-state index in [1.165, 1.54) is 6.92 Å². The van der Waals surface area contributed by atoms with Gasteiger partial charge < -0.3 is 19.6 Å². The smallest absolute Gasteiger partial charge is 0.344 e. The molecule has 1 atom stereocenters. The number of carbonyl (C=O) groups is 1. The minimum absolute atomic E-state index is 0.330. The zero-order valence-corrected chi connectivity index (χ0v) is 15.5. The molecule has 0 saturated heterocycles. The van der Waals surface area contributed by atoms with Crippen LogP contribution >= 0.6 is 0 Å². The van der Waals surface area contributed by atoms with Crippen molar-refractivity contribution in [2.24, 2.45) is 0 Å². The Hall–Kier alpha value is -3.79. The van der Waals surface area contributed by atoms with Crippen molar-refractivity contribution in [1.82, 2.24) is 9.97 Å². The third-order valence-corrected chi connectivity index (χ3v) is 4.00. The number of hydrogen-bond acceptors (Lipinski definition) is 5. The van der Waals surface area contributed by atoms with Crippen LogP contribution in [0.15, 0.2) is 42.5 Å². The number of H-pyrrole nitrogens is 1. The fraction of sp³-hybridized carbons (Fsp3) is 0.190. The lowest BCUT2D eigenvalue weighted by atomic mass is 10.1. The number of allylic oxidation sites excluding steroid dienone is 1. The van der Waals surface area contributed by atoms with Crippen molar-refractivity contribution in [1.29, 1.82) is 5.26 Å². The number of rotatable bonds is 7. The van der Waals surface area contributed by atoms with Gasteiger partial charge in [-0.05, 0) is 49.8 Å². The molecule has 142 valence electrons. The maximum absolute atomic E-state index is 11.0. The number of carboxylic acid groups (broad SMARTS) is 1. The van der Waals surface area contributed by atoms with Crippen LogP contribution in [0.4, 0.5) is 0 Å². The maximum atomic E-state index is 11.0. The van der Waals surface area contributed by atoms with Gasteiger partial charge in [0, 0.05) is 0 Å². The molecule has 0 aliphatic carbocycles. The van der Waals surface area contributed by atoms with Crippen molar-refractivity contribution >= 4 is 28.7 Å². The lowest BCUT2D eigenvalue weighted by Gasteiger charge is -2.15. The average Bonchev–Trinajstić information content (AvgIpc) is 3.12. The lowest BCUT2D eigenvalue weighted by molar-refractivity contribution is -0.144. The zero-order valence-electron chi connectivity index (χ0n) is 15.5. The number of imidazole rings is 1. The second kappa shape index (κ2) is 8.27. The fourth-order valence-electron chi connectivity index (χ4n) is 2.62. The number of nitriles is 1. The molecule has 3 rings (SSSR count). The molecule has 0 saturated carbocycles. The summed E-state index contributed by atoms with van der Waals surface area (Å²) in [7, 11) is 0. The number of nitrogens with one attached hydrogen (secondary N) is 1. The highest BCUT2D eigenvalue weighted by Gasteiger charge is 2.16. The molecule has 0 radical (unpaired) electrons. The molecule has 1 heterocycles. The highest BCUT2D eigenvalue weighted by atomic mass is 16.5. The van der Waals surface area contributed by atoms with E-state index in [0.717, 1.165) is 11.0 Å². The molecular weight excluding hydrogens is 358 g/mol. The molecular formula is C21H19N3O4. The average molecular weight is 377 g/mol. The molecule has 7 heteroatoms. The van der Waals surface area contributed by atoms with E-state index in [-0.39, 0.29) is 0 Å². The first-order valence-electron chi connectivity index (χ1n) is 8.75. The molecule has 0 aliphatic heterocycles. The SMILES string of the molecule is CCOc1cc(/C=C(\C#N)c2nc3ccccc3[nH]2)ccc1OC(C)C(=O)O. The largest absolute Gasteiger partial charge is 0.490 e. The van der Waals surface area contributed by atoms with Crippen molar-refractivity contribution in [2.75, 3.05) is 6.61 Å². The number of para-hydroxylation sites is 2. The van der Waals surface area contributed by atoms with Crippen molar-refractivity contribution in [3.05, 3.63) is 53.9 Å². The summed E-state index contributed by atoms with van der Waals surface area (Å²) in [6.45, 7) is 3.66. The van der Waals surface area contributed by atoms with Crippen LogP contribution in [0.3, 0.4) is 0 Å². The van der Waals surface area contributed by atoms with Gasteiger partial charge >= 0.3 is 5.97 Å². The van der Waals surface area contributed by atoms with Gasteiger partial charge in [0.25, 0.3) is 0 Å². The summed E-state index contributed by atoms with van der Waals surface area (Å²) in [5.74, 6) is 0.145. The van der Waals surface area contributed by atoms with Crippen LogP contribution in [0.25, 0.3) is 22.7 Å². The molecule has 1 aromatic heterocycles.